The first-order valence-electron chi connectivity index (χ1n) is 8.45. The van der Waals surface area contributed by atoms with Crippen LogP contribution in [-0.4, -0.2) is 38.5 Å². The highest BCUT2D eigenvalue weighted by Gasteiger charge is 2.37. The minimum atomic E-state index is -4.29. The third-order valence-corrected chi connectivity index (χ3v) is 6.35. The van der Waals surface area contributed by atoms with E-state index in [2.05, 4.69) is 5.32 Å². The smallest absolute Gasteiger partial charge is 0.255 e. The number of benzene rings is 2. The van der Waals surface area contributed by atoms with Crippen molar-refractivity contribution in [2.45, 2.75) is 24.0 Å². The van der Waals surface area contributed by atoms with Gasteiger partial charge >= 0.3 is 0 Å². The predicted octanol–water partition coefficient (Wildman–Crippen LogP) is 3.25. The molecule has 1 saturated heterocycles. The van der Waals surface area contributed by atoms with E-state index >= 15 is 0 Å². The van der Waals surface area contributed by atoms with Crippen LogP contribution in [0.1, 0.15) is 23.2 Å². The van der Waals surface area contributed by atoms with Gasteiger partial charge in [-0.2, -0.15) is 4.31 Å². The maximum absolute atomic E-state index is 14.3. The van der Waals surface area contributed by atoms with Crippen LogP contribution in [0.4, 0.5) is 23.2 Å². The highest BCUT2D eigenvalue weighted by Crippen LogP contribution is 2.28. The molecular formula is C18H16F4N2O4S. The summed E-state index contributed by atoms with van der Waals surface area (Å²) in [7, 11) is -2.96. The number of methoxy groups -OCH3 is 1. The van der Waals surface area contributed by atoms with Crippen molar-refractivity contribution < 1.29 is 35.5 Å². The molecule has 0 saturated carbocycles. The quantitative estimate of drug-likeness (QED) is 0.582. The maximum Gasteiger partial charge on any atom is 0.255 e. The predicted molar refractivity (Wildman–Crippen MR) is 94.6 cm³/mol. The molecule has 2 aromatic rings. The fourth-order valence-electron chi connectivity index (χ4n) is 3.02. The van der Waals surface area contributed by atoms with Crippen molar-refractivity contribution >= 4 is 21.6 Å². The molecule has 0 aromatic heterocycles. The number of carbonyl (C=O) groups excluding carboxylic acids is 1. The summed E-state index contributed by atoms with van der Waals surface area (Å²) in [5.41, 5.74) is -0.664. The molecule has 1 N–H and O–H groups in total. The maximum atomic E-state index is 14.3. The number of hydrogen-bond acceptors (Lipinski definition) is 4. The molecule has 1 aliphatic heterocycles. The number of anilines is 1. The molecule has 1 aliphatic rings. The van der Waals surface area contributed by atoms with E-state index in [1.54, 1.807) is 0 Å². The molecule has 11 heteroatoms. The number of ether oxygens (including phenoxy) is 1. The first-order valence-corrected chi connectivity index (χ1v) is 9.89. The number of nitrogens with zero attached hydrogens (tertiary/aromatic N) is 1. The van der Waals surface area contributed by atoms with Gasteiger partial charge in [-0.1, -0.05) is 0 Å². The van der Waals surface area contributed by atoms with Crippen LogP contribution < -0.4 is 5.32 Å². The molecular weight excluding hydrogens is 416 g/mol. The Labute approximate surface area is 164 Å². The standard InChI is InChI=1S/C18H16F4N2O4S/c1-28-16-3-2-6-24(16)29(26,27)15-7-10(4-5-12(15)19)18(25)23-11-8-13(20)17(22)14(21)9-11/h4-5,7-9,16H,2-3,6H2,1H3,(H,23,25). The van der Waals surface area contributed by atoms with E-state index in [0.717, 1.165) is 22.5 Å². The molecule has 0 aliphatic carbocycles. The number of halogens is 4. The van der Waals surface area contributed by atoms with Crippen LogP contribution in [0.3, 0.4) is 0 Å². The average molecular weight is 432 g/mol. The summed E-state index contributed by atoms with van der Waals surface area (Å²) in [5.74, 6) is -6.75. The zero-order chi connectivity index (χ0) is 21.3. The normalized spacial score (nSPS) is 17.5. The molecule has 3 rings (SSSR count). The Morgan fingerprint density at radius 1 is 1.10 bits per heavy atom. The Kier molecular flexibility index (Phi) is 5.92. The van der Waals surface area contributed by atoms with E-state index in [-0.39, 0.29) is 17.8 Å². The molecule has 1 amide bonds. The number of sulfonamides is 1. The van der Waals surface area contributed by atoms with Gasteiger partial charge < -0.3 is 10.1 Å². The summed E-state index contributed by atoms with van der Waals surface area (Å²) in [6.45, 7) is 0.130. The van der Waals surface area contributed by atoms with Crippen molar-refractivity contribution in [3.05, 3.63) is 59.2 Å². The van der Waals surface area contributed by atoms with Crippen molar-refractivity contribution in [3.8, 4) is 0 Å². The third-order valence-electron chi connectivity index (χ3n) is 4.44. The molecule has 1 heterocycles. The van der Waals surface area contributed by atoms with Crippen LogP contribution in [0, 0.1) is 23.3 Å². The second-order valence-corrected chi connectivity index (χ2v) is 8.16. The van der Waals surface area contributed by atoms with E-state index in [1.165, 1.54) is 7.11 Å². The zero-order valence-corrected chi connectivity index (χ0v) is 15.9. The van der Waals surface area contributed by atoms with Crippen molar-refractivity contribution in [2.75, 3.05) is 19.0 Å². The Balaban J connectivity index is 1.92. The first kappa shape index (κ1) is 21.2. The van der Waals surface area contributed by atoms with E-state index < -0.39 is 50.3 Å². The van der Waals surface area contributed by atoms with E-state index in [4.69, 9.17) is 4.74 Å². The molecule has 6 nitrogen and oxygen atoms in total. The summed E-state index contributed by atoms with van der Waals surface area (Å²) in [4.78, 5) is 11.6. The lowest BCUT2D eigenvalue weighted by atomic mass is 10.2. The van der Waals surface area contributed by atoms with Gasteiger partial charge in [-0.05, 0) is 31.0 Å². The number of hydrogen-bond donors (Lipinski definition) is 1. The number of carbonyl (C=O) groups is 1. The molecule has 1 fully saturated rings. The second-order valence-electron chi connectivity index (χ2n) is 6.30. The highest BCUT2D eigenvalue weighted by atomic mass is 32.2. The molecule has 1 atom stereocenters. The summed E-state index contributed by atoms with van der Waals surface area (Å²) in [5, 5.41) is 2.11. The van der Waals surface area contributed by atoms with Crippen LogP contribution in [0.15, 0.2) is 35.2 Å². The van der Waals surface area contributed by atoms with Gasteiger partial charge in [-0.3, -0.25) is 4.79 Å². The zero-order valence-electron chi connectivity index (χ0n) is 15.1. The van der Waals surface area contributed by atoms with Crippen LogP contribution in [0.2, 0.25) is 0 Å². The van der Waals surface area contributed by atoms with Crippen LogP contribution in [-0.2, 0) is 14.8 Å². The molecule has 0 bridgehead atoms. The molecule has 2 aromatic carbocycles. The summed E-state index contributed by atoms with van der Waals surface area (Å²) >= 11 is 0. The summed E-state index contributed by atoms with van der Waals surface area (Å²) in [6, 6.07) is 3.75. The van der Waals surface area contributed by atoms with E-state index in [9.17, 15) is 30.8 Å². The van der Waals surface area contributed by atoms with Crippen molar-refractivity contribution in [1.29, 1.82) is 0 Å². The number of rotatable bonds is 5. The molecule has 0 spiro atoms. The van der Waals surface area contributed by atoms with E-state index in [1.807, 2.05) is 0 Å². The monoisotopic (exact) mass is 432 g/mol. The number of nitrogens with one attached hydrogen (secondary N) is 1. The number of amides is 1. The van der Waals surface area contributed by atoms with Crippen molar-refractivity contribution in [1.82, 2.24) is 4.31 Å². The first-order chi connectivity index (χ1) is 13.6. The van der Waals surface area contributed by atoms with Gasteiger partial charge in [0.15, 0.2) is 17.5 Å². The fourth-order valence-corrected chi connectivity index (χ4v) is 4.73. The lowest BCUT2D eigenvalue weighted by Crippen LogP contribution is -2.37. The van der Waals surface area contributed by atoms with Gasteiger partial charge in [-0.15, -0.1) is 0 Å². The van der Waals surface area contributed by atoms with Gasteiger partial charge in [0.2, 0.25) is 10.0 Å². The minimum Gasteiger partial charge on any atom is -0.365 e. The lowest BCUT2D eigenvalue weighted by molar-refractivity contribution is 0.0405. The largest absolute Gasteiger partial charge is 0.365 e. The summed E-state index contributed by atoms with van der Waals surface area (Å²) < 4.78 is 85.6. The van der Waals surface area contributed by atoms with Gasteiger partial charge in [0, 0.05) is 37.0 Å². The van der Waals surface area contributed by atoms with E-state index in [0.29, 0.717) is 25.0 Å². The Morgan fingerprint density at radius 3 is 2.38 bits per heavy atom. The fraction of sp³-hybridized carbons (Fsp3) is 0.278. The van der Waals surface area contributed by atoms with Gasteiger partial charge in [-0.25, -0.2) is 26.0 Å². The molecule has 29 heavy (non-hydrogen) atoms. The van der Waals surface area contributed by atoms with Crippen molar-refractivity contribution in [3.63, 3.8) is 0 Å². The van der Waals surface area contributed by atoms with Crippen LogP contribution in [0.5, 0.6) is 0 Å². The molecule has 0 radical (unpaired) electrons. The Morgan fingerprint density at radius 2 is 1.76 bits per heavy atom. The van der Waals surface area contributed by atoms with Crippen molar-refractivity contribution in [2.24, 2.45) is 0 Å². The molecule has 1 unspecified atom stereocenters. The van der Waals surface area contributed by atoms with Gasteiger partial charge in [0.05, 0.1) is 0 Å². The van der Waals surface area contributed by atoms with Gasteiger partial charge in [0.25, 0.3) is 5.91 Å². The highest BCUT2D eigenvalue weighted by molar-refractivity contribution is 7.89. The Hall–Kier alpha value is -2.50. The average Bonchev–Trinajstić information content (AvgIpc) is 3.16. The third kappa shape index (κ3) is 4.11. The summed E-state index contributed by atoms with van der Waals surface area (Å²) in [6.07, 6.45) is 0.225. The van der Waals surface area contributed by atoms with Crippen LogP contribution >= 0.6 is 0 Å². The topological polar surface area (TPSA) is 75.7 Å². The van der Waals surface area contributed by atoms with Crippen LogP contribution in [0.25, 0.3) is 0 Å². The SMILES string of the molecule is COC1CCCN1S(=O)(=O)c1cc(C(=O)Nc2cc(F)c(F)c(F)c2)ccc1F. The lowest BCUT2D eigenvalue weighted by Gasteiger charge is -2.23. The second kappa shape index (κ2) is 8.09. The minimum absolute atomic E-state index is 0.130. The Bertz CT molecular complexity index is 1040. The van der Waals surface area contributed by atoms with Gasteiger partial charge in [0.1, 0.15) is 16.9 Å². The molecule has 156 valence electrons.